The molecule has 1 fully saturated rings. The molecule has 0 aliphatic carbocycles. The van der Waals surface area contributed by atoms with E-state index in [-0.39, 0.29) is 11.8 Å². The summed E-state index contributed by atoms with van der Waals surface area (Å²) in [6.45, 7) is 6.08. The molecule has 0 spiro atoms. The number of carbonyl (C=O) groups excluding carboxylic acids is 2. The van der Waals surface area contributed by atoms with Gasteiger partial charge in [0.15, 0.2) is 0 Å². The predicted octanol–water partition coefficient (Wildman–Crippen LogP) is 1.64. The van der Waals surface area contributed by atoms with Gasteiger partial charge in [0, 0.05) is 38.1 Å². The molecular formula is C14H20IN3O2S. The largest absolute Gasteiger partial charge is 0.355 e. The molecule has 0 unspecified atom stereocenters. The van der Waals surface area contributed by atoms with Gasteiger partial charge in [-0.3, -0.25) is 14.5 Å². The van der Waals surface area contributed by atoms with Crippen molar-refractivity contribution in [1.29, 1.82) is 0 Å². The van der Waals surface area contributed by atoms with Crippen LogP contribution in [0.25, 0.3) is 0 Å². The van der Waals surface area contributed by atoms with Crippen LogP contribution in [0.3, 0.4) is 0 Å². The third-order valence-corrected chi connectivity index (χ3v) is 5.20. The van der Waals surface area contributed by atoms with Crippen LogP contribution < -0.4 is 5.32 Å². The maximum absolute atomic E-state index is 12.3. The SMILES string of the molecule is CCCNC(=O)CN1CCN(C(=O)c2csc(I)c2)CC1. The van der Waals surface area contributed by atoms with E-state index >= 15 is 0 Å². The molecule has 116 valence electrons. The molecular weight excluding hydrogens is 401 g/mol. The second-order valence-corrected chi connectivity index (χ2v) is 7.86. The summed E-state index contributed by atoms with van der Waals surface area (Å²) in [5.74, 6) is 0.174. The maximum atomic E-state index is 12.3. The summed E-state index contributed by atoms with van der Waals surface area (Å²) in [4.78, 5) is 28.0. The van der Waals surface area contributed by atoms with E-state index in [1.807, 2.05) is 23.3 Å². The van der Waals surface area contributed by atoms with E-state index < -0.39 is 0 Å². The predicted molar refractivity (Wildman–Crippen MR) is 92.7 cm³/mol. The normalized spacial score (nSPS) is 16.0. The van der Waals surface area contributed by atoms with Crippen LogP contribution in [0.2, 0.25) is 0 Å². The summed E-state index contributed by atoms with van der Waals surface area (Å²) in [6.07, 6.45) is 0.952. The molecule has 0 radical (unpaired) electrons. The highest BCUT2D eigenvalue weighted by Gasteiger charge is 2.23. The van der Waals surface area contributed by atoms with Crippen LogP contribution in [0.5, 0.6) is 0 Å². The first kappa shape index (κ1) is 16.7. The first-order valence-electron chi connectivity index (χ1n) is 7.12. The highest BCUT2D eigenvalue weighted by molar-refractivity contribution is 14.1. The molecule has 21 heavy (non-hydrogen) atoms. The summed E-state index contributed by atoms with van der Waals surface area (Å²) in [5, 5.41) is 4.79. The van der Waals surface area contributed by atoms with E-state index in [1.54, 1.807) is 11.3 Å². The molecule has 0 saturated carbocycles. The topological polar surface area (TPSA) is 52.7 Å². The Morgan fingerprint density at radius 3 is 2.62 bits per heavy atom. The van der Waals surface area contributed by atoms with Gasteiger partial charge in [-0.1, -0.05) is 6.92 Å². The molecule has 1 N–H and O–H groups in total. The van der Waals surface area contributed by atoms with E-state index in [4.69, 9.17) is 0 Å². The van der Waals surface area contributed by atoms with Crippen molar-refractivity contribution in [2.24, 2.45) is 0 Å². The number of amides is 2. The summed E-state index contributed by atoms with van der Waals surface area (Å²) >= 11 is 3.82. The zero-order valence-corrected chi connectivity index (χ0v) is 15.1. The Morgan fingerprint density at radius 1 is 1.33 bits per heavy atom. The number of carbonyl (C=O) groups is 2. The minimum Gasteiger partial charge on any atom is -0.355 e. The van der Waals surface area contributed by atoms with Gasteiger partial charge in [0.25, 0.3) is 5.91 Å². The lowest BCUT2D eigenvalue weighted by Crippen LogP contribution is -2.51. The van der Waals surface area contributed by atoms with Crippen LogP contribution in [-0.4, -0.2) is 60.9 Å². The summed E-state index contributed by atoms with van der Waals surface area (Å²) in [5.41, 5.74) is 0.776. The van der Waals surface area contributed by atoms with Crippen molar-refractivity contribution in [1.82, 2.24) is 15.1 Å². The van der Waals surface area contributed by atoms with Crippen molar-refractivity contribution in [3.05, 3.63) is 19.9 Å². The Kier molecular flexibility index (Phi) is 6.43. The average Bonchev–Trinajstić information content (AvgIpc) is 2.92. The Balaban J connectivity index is 1.78. The van der Waals surface area contributed by atoms with Crippen LogP contribution in [0.4, 0.5) is 0 Å². The third kappa shape index (κ3) is 4.93. The molecule has 0 bridgehead atoms. The number of hydrogen-bond acceptors (Lipinski definition) is 4. The lowest BCUT2D eigenvalue weighted by molar-refractivity contribution is -0.122. The van der Waals surface area contributed by atoms with Crippen molar-refractivity contribution in [2.45, 2.75) is 13.3 Å². The molecule has 7 heteroatoms. The van der Waals surface area contributed by atoms with E-state index in [9.17, 15) is 9.59 Å². The molecule has 2 amide bonds. The number of halogens is 1. The minimum atomic E-state index is 0.0732. The number of piperazine rings is 1. The zero-order valence-electron chi connectivity index (χ0n) is 12.1. The maximum Gasteiger partial charge on any atom is 0.254 e. The van der Waals surface area contributed by atoms with Gasteiger partial charge in [-0.05, 0) is 35.1 Å². The average molecular weight is 421 g/mol. The highest BCUT2D eigenvalue weighted by atomic mass is 127. The van der Waals surface area contributed by atoms with Gasteiger partial charge in [0.05, 0.1) is 15.0 Å². The van der Waals surface area contributed by atoms with Gasteiger partial charge in [0.2, 0.25) is 5.91 Å². The standard InChI is InChI=1S/C14H20IN3O2S/c1-2-3-16-13(19)9-17-4-6-18(7-5-17)14(20)11-8-12(15)21-10-11/h8,10H,2-7,9H2,1H3,(H,16,19). The second kappa shape index (κ2) is 8.09. The smallest absolute Gasteiger partial charge is 0.254 e. The van der Waals surface area contributed by atoms with E-state index in [2.05, 4.69) is 32.8 Å². The molecule has 5 nitrogen and oxygen atoms in total. The molecule has 1 saturated heterocycles. The van der Waals surface area contributed by atoms with Gasteiger partial charge < -0.3 is 10.2 Å². The van der Waals surface area contributed by atoms with Crippen LogP contribution in [0, 0.1) is 2.88 Å². The summed E-state index contributed by atoms with van der Waals surface area (Å²) in [7, 11) is 0. The van der Waals surface area contributed by atoms with E-state index in [0.29, 0.717) is 19.6 Å². The lowest BCUT2D eigenvalue weighted by atomic mass is 10.2. The van der Waals surface area contributed by atoms with E-state index in [1.165, 1.54) is 0 Å². The first-order chi connectivity index (χ1) is 10.1. The van der Waals surface area contributed by atoms with Crippen LogP contribution in [0.1, 0.15) is 23.7 Å². The molecule has 1 aromatic heterocycles. The summed E-state index contributed by atoms with van der Waals surface area (Å²) in [6, 6.07) is 1.93. The number of nitrogens with one attached hydrogen (secondary N) is 1. The van der Waals surface area contributed by atoms with Crippen molar-refractivity contribution >= 4 is 45.7 Å². The molecule has 2 rings (SSSR count). The van der Waals surface area contributed by atoms with Crippen molar-refractivity contribution in [2.75, 3.05) is 39.3 Å². The molecule has 1 aromatic rings. The molecule has 2 heterocycles. The minimum absolute atomic E-state index is 0.0732. The van der Waals surface area contributed by atoms with Crippen LogP contribution in [-0.2, 0) is 4.79 Å². The number of thiophene rings is 1. The molecule has 0 aromatic carbocycles. The highest BCUT2D eigenvalue weighted by Crippen LogP contribution is 2.18. The second-order valence-electron chi connectivity index (χ2n) is 5.06. The van der Waals surface area contributed by atoms with Gasteiger partial charge in [-0.15, -0.1) is 11.3 Å². The monoisotopic (exact) mass is 421 g/mol. The molecule has 0 atom stereocenters. The number of hydrogen-bond donors (Lipinski definition) is 1. The van der Waals surface area contributed by atoms with Crippen molar-refractivity contribution < 1.29 is 9.59 Å². The third-order valence-electron chi connectivity index (χ3n) is 3.41. The van der Waals surface area contributed by atoms with Crippen LogP contribution >= 0.6 is 33.9 Å². The van der Waals surface area contributed by atoms with E-state index in [0.717, 1.165) is 34.5 Å². The zero-order chi connectivity index (χ0) is 15.2. The van der Waals surface area contributed by atoms with Crippen molar-refractivity contribution in [3.63, 3.8) is 0 Å². The fourth-order valence-corrected chi connectivity index (χ4v) is 3.56. The molecule has 1 aliphatic rings. The van der Waals surface area contributed by atoms with Crippen molar-refractivity contribution in [3.8, 4) is 0 Å². The van der Waals surface area contributed by atoms with Gasteiger partial charge in [-0.2, -0.15) is 0 Å². The Morgan fingerprint density at radius 2 is 2.05 bits per heavy atom. The Hall–Kier alpha value is -0.670. The Labute approximate surface area is 142 Å². The lowest BCUT2D eigenvalue weighted by Gasteiger charge is -2.34. The fourth-order valence-electron chi connectivity index (χ4n) is 2.24. The molecule has 1 aliphatic heterocycles. The Bertz CT molecular complexity index is 498. The number of rotatable bonds is 5. The number of nitrogens with zero attached hydrogens (tertiary/aromatic N) is 2. The van der Waals surface area contributed by atoms with Crippen LogP contribution in [0.15, 0.2) is 11.4 Å². The quantitative estimate of drug-likeness (QED) is 0.736. The first-order valence-corrected chi connectivity index (χ1v) is 9.08. The summed E-state index contributed by atoms with van der Waals surface area (Å²) < 4.78 is 1.13. The van der Waals surface area contributed by atoms with Gasteiger partial charge in [0.1, 0.15) is 0 Å². The van der Waals surface area contributed by atoms with Gasteiger partial charge >= 0.3 is 0 Å². The van der Waals surface area contributed by atoms with Gasteiger partial charge in [-0.25, -0.2) is 0 Å². The fraction of sp³-hybridized carbons (Fsp3) is 0.571.